The van der Waals surface area contributed by atoms with Crippen LogP contribution >= 0.6 is 0 Å². The van der Waals surface area contributed by atoms with Gasteiger partial charge in [-0.05, 0) is 49.2 Å². The molecule has 0 aliphatic carbocycles. The average Bonchev–Trinajstić information content (AvgIpc) is 3.15. The van der Waals surface area contributed by atoms with Gasteiger partial charge in [-0.3, -0.25) is 4.79 Å². The van der Waals surface area contributed by atoms with Gasteiger partial charge >= 0.3 is 11.9 Å². The lowest BCUT2D eigenvalue weighted by Gasteiger charge is -2.28. The SMILES string of the molecule is CCOC(=O)C1C(c2ccc(C#N)cc2)=Nc2c(-c3ccc(C(=O)O)cc3)c(C)nn2C1O. The van der Waals surface area contributed by atoms with Crippen molar-refractivity contribution in [1.29, 1.82) is 5.26 Å². The molecule has 9 heteroatoms. The maximum Gasteiger partial charge on any atom is 0.335 e. The lowest BCUT2D eigenvalue weighted by molar-refractivity contribution is -0.151. The first kappa shape index (κ1) is 21.9. The zero-order valence-electron chi connectivity index (χ0n) is 17.9. The van der Waals surface area contributed by atoms with E-state index in [0.717, 1.165) is 0 Å². The van der Waals surface area contributed by atoms with Crippen LogP contribution in [0.3, 0.4) is 0 Å². The molecule has 4 rings (SSSR count). The molecular formula is C24H20N4O5. The number of hydrogen-bond acceptors (Lipinski definition) is 7. The van der Waals surface area contributed by atoms with Gasteiger partial charge in [-0.1, -0.05) is 24.3 Å². The fourth-order valence-electron chi connectivity index (χ4n) is 3.84. The lowest BCUT2D eigenvalue weighted by atomic mass is 9.92. The summed E-state index contributed by atoms with van der Waals surface area (Å²) in [4.78, 5) is 28.7. The minimum atomic E-state index is -1.37. The highest BCUT2D eigenvalue weighted by atomic mass is 16.5. The summed E-state index contributed by atoms with van der Waals surface area (Å²) in [5.74, 6) is -2.46. The quantitative estimate of drug-likeness (QED) is 0.576. The van der Waals surface area contributed by atoms with Gasteiger partial charge < -0.3 is 14.9 Å². The molecular weight excluding hydrogens is 424 g/mol. The van der Waals surface area contributed by atoms with E-state index in [1.807, 2.05) is 6.07 Å². The number of carbonyl (C=O) groups excluding carboxylic acids is 1. The first-order chi connectivity index (χ1) is 15.8. The molecule has 0 fully saturated rings. The number of nitriles is 1. The Kier molecular flexibility index (Phi) is 5.77. The predicted octanol–water partition coefficient (Wildman–Crippen LogP) is 3.23. The Bertz CT molecular complexity index is 1300. The third-order valence-corrected chi connectivity index (χ3v) is 5.40. The average molecular weight is 444 g/mol. The van der Waals surface area contributed by atoms with Crippen LogP contribution in [-0.2, 0) is 9.53 Å². The van der Waals surface area contributed by atoms with Crippen molar-refractivity contribution >= 4 is 23.5 Å². The fourth-order valence-corrected chi connectivity index (χ4v) is 3.84. The molecule has 1 aromatic heterocycles. The van der Waals surface area contributed by atoms with Crippen molar-refractivity contribution in [2.24, 2.45) is 10.9 Å². The van der Waals surface area contributed by atoms with Gasteiger partial charge in [0.25, 0.3) is 0 Å². The maximum atomic E-state index is 12.8. The highest BCUT2D eigenvalue weighted by molar-refractivity contribution is 6.14. The predicted molar refractivity (Wildman–Crippen MR) is 118 cm³/mol. The van der Waals surface area contributed by atoms with E-state index in [1.54, 1.807) is 50.2 Å². The highest BCUT2D eigenvalue weighted by Crippen LogP contribution is 2.41. The van der Waals surface area contributed by atoms with Crippen molar-refractivity contribution in [3.05, 3.63) is 70.9 Å². The summed E-state index contributed by atoms with van der Waals surface area (Å²) in [5.41, 5.74) is 3.28. The molecule has 0 saturated carbocycles. The van der Waals surface area contributed by atoms with Crippen LogP contribution in [0.1, 0.15) is 40.3 Å². The molecule has 9 nitrogen and oxygen atoms in total. The van der Waals surface area contributed by atoms with Gasteiger partial charge in [0, 0.05) is 5.56 Å². The molecule has 2 aromatic carbocycles. The Hall–Kier alpha value is -4.29. The number of carbonyl (C=O) groups is 2. The second kappa shape index (κ2) is 8.68. The van der Waals surface area contributed by atoms with Gasteiger partial charge in [-0.2, -0.15) is 10.4 Å². The van der Waals surface area contributed by atoms with Gasteiger partial charge in [0.15, 0.2) is 12.0 Å². The number of aryl methyl sites for hydroxylation is 1. The molecule has 1 aliphatic heterocycles. The second-order valence-corrected chi connectivity index (χ2v) is 7.44. The molecule has 33 heavy (non-hydrogen) atoms. The molecule has 0 amide bonds. The van der Waals surface area contributed by atoms with E-state index in [-0.39, 0.29) is 12.2 Å². The number of ether oxygens (including phenoxy) is 1. The molecule has 0 spiro atoms. The minimum Gasteiger partial charge on any atom is -0.478 e. The first-order valence-corrected chi connectivity index (χ1v) is 10.2. The van der Waals surface area contributed by atoms with E-state index in [9.17, 15) is 19.8 Å². The van der Waals surface area contributed by atoms with Crippen LogP contribution in [0.15, 0.2) is 53.5 Å². The van der Waals surface area contributed by atoms with E-state index in [0.29, 0.717) is 39.5 Å². The zero-order valence-corrected chi connectivity index (χ0v) is 17.9. The zero-order chi connectivity index (χ0) is 23.7. The fraction of sp³-hybridized carbons (Fsp3) is 0.208. The monoisotopic (exact) mass is 444 g/mol. The number of aromatic nitrogens is 2. The summed E-state index contributed by atoms with van der Waals surface area (Å²) in [6.45, 7) is 3.55. The molecule has 2 N–H and O–H groups in total. The Morgan fingerprint density at radius 2 is 1.76 bits per heavy atom. The van der Waals surface area contributed by atoms with Crippen LogP contribution in [-0.4, -0.2) is 44.3 Å². The van der Waals surface area contributed by atoms with Crippen molar-refractivity contribution in [1.82, 2.24) is 9.78 Å². The van der Waals surface area contributed by atoms with Gasteiger partial charge in [-0.15, -0.1) is 0 Å². The normalized spacial score (nSPS) is 17.0. The van der Waals surface area contributed by atoms with Crippen molar-refractivity contribution in [2.75, 3.05) is 6.61 Å². The molecule has 166 valence electrons. The van der Waals surface area contributed by atoms with Crippen LogP contribution in [0.4, 0.5) is 5.82 Å². The Morgan fingerprint density at radius 3 is 2.33 bits per heavy atom. The molecule has 1 aliphatic rings. The Morgan fingerprint density at radius 1 is 1.12 bits per heavy atom. The standard InChI is InChI=1S/C24H20N4O5/c1-3-33-24(32)19-20(16-6-4-14(12-25)5-7-16)26-21-18(13(2)27-28(21)22(19)29)15-8-10-17(11-9-15)23(30)31/h4-11,19,22,29H,3H2,1-2H3,(H,30,31). The Labute approximate surface area is 189 Å². The van der Waals surface area contributed by atoms with Crippen LogP contribution in [0.5, 0.6) is 0 Å². The van der Waals surface area contributed by atoms with E-state index in [1.165, 1.54) is 16.8 Å². The van der Waals surface area contributed by atoms with Gasteiger partial charge in [-0.25, -0.2) is 14.5 Å². The number of carboxylic acid groups (broad SMARTS) is 1. The topological polar surface area (TPSA) is 138 Å². The molecule has 0 radical (unpaired) electrons. The second-order valence-electron chi connectivity index (χ2n) is 7.44. The molecule has 3 aromatic rings. The summed E-state index contributed by atoms with van der Waals surface area (Å²) in [5, 5.41) is 33.8. The first-order valence-electron chi connectivity index (χ1n) is 10.2. The largest absolute Gasteiger partial charge is 0.478 e. The molecule has 0 bridgehead atoms. The summed E-state index contributed by atoms with van der Waals surface area (Å²) >= 11 is 0. The number of aromatic carboxylic acids is 1. The summed E-state index contributed by atoms with van der Waals surface area (Å²) in [6, 6.07) is 14.8. The summed E-state index contributed by atoms with van der Waals surface area (Å²) in [7, 11) is 0. The van der Waals surface area contributed by atoms with E-state index in [4.69, 9.17) is 15.0 Å². The van der Waals surface area contributed by atoms with Crippen LogP contribution < -0.4 is 0 Å². The number of nitrogens with zero attached hydrogens (tertiary/aromatic N) is 4. The maximum absolute atomic E-state index is 12.8. The minimum absolute atomic E-state index is 0.134. The van der Waals surface area contributed by atoms with Crippen molar-refractivity contribution in [2.45, 2.75) is 20.1 Å². The number of carboxylic acids is 1. The number of fused-ring (bicyclic) bond motifs is 1. The number of esters is 1. The number of hydrogen-bond donors (Lipinski definition) is 2. The number of aliphatic hydroxyl groups is 1. The molecule has 2 heterocycles. The van der Waals surface area contributed by atoms with Crippen molar-refractivity contribution < 1.29 is 24.5 Å². The number of aliphatic imine (C=N–C) groups is 1. The highest BCUT2D eigenvalue weighted by Gasteiger charge is 2.41. The molecule has 2 atom stereocenters. The van der Waals surface area contributed by atoms with E-state index in [2.05, 4.69) is 5.10 Å². The van der Waals surface area contributed by atoms with E-state index >= 15 is 0 Å². The number of rotatable bonds is 5. The number of aliphatic hydroxyl groups excluding tert-OH is 1. The molecule has 2 unspecified atom stereocenters. The van der Waals surface area contributed by atoms with Crippen LogP contribution in [0.2, 0.25) is 0 Å². The third-order valence-electron chi connectivity index (χ3n) is 5.40. The summed E-state index contributed by atoms with van der Waals surface area (Å²) < 4.78 is 6.47. The van der Waals surface area contributed by atoms with Crippen molar-refractivity contribution in [3.63, 3.8) is 0 Å². The van der Waals surface area contributed by atoms with Gasteiger partial charge in [0.1, 0.15) is 5.92 Å². The van der Waals surface area contributed by atoms with Crippen molar-refractivity contribution in [3.8, 4) is 17.2 Å². The van der Waals surface area contributed by atoms with E-state index < -0.39 is 24.1 Å². The summed E-state index contributed by atoms with van der Waals surface area (Å²) in [6.07, 6.45) is -1.37. The van der Waals surface area contributed by atoms with Crippen LogP contribution in [0, 0.1) is 24.2 Å². The molecule has 0 saturated heterocycles. The van der Waals surface area contributed by atoms with Gasteiger partial charge in [0.05, 0.1) is 35.2 Å². The van der Waals surface area contributed by atoms with Gasteiger partial charge in [0.2, 0.25) is 0 Å². The third kappa shape index (κ3) is 3.88. The smallest absolute Gasteiger partial charge is 0.335 e. The van der Waals surface area contributed by atoms with Crippen LogP contribution in [0.25, 0.3) is 11.1 Å². The number of benzene rings is 2. The lowest BCUT2D eigenvalue weighted by Crippen LogP contribution is -2.38. The Balaban J connectivity index is 1.89.